The second-order valence-electron chi connectivity index (χ2n) is 3.49. The van der Waals surface area contributed by atoms with Crippen LogP contribution in [0, 0.1) is 0 Å². The first-order valence-electron chi connectivity index (χ1n) is 5.09. The van der Waals surface area contributed by atoms with Crippen molar-refractivity contribution in [3.63, 3.8) is 0 Å². The number of hydrogen-bond acceptors (Lipinski definition) is 3. The van der Waals surface area contributed by atoms with Crippen LogP contribution in [-0.2, 0) is 6.54 Å². The van der Waals surface area contributed by atoms with Gasteiger partial charge in [0.05, 0.1) is 18.6 Å². The molecule has 0 radical (unpaired) electrons. The molecule has 0 saturated carbocycles. The molecule has 0 bridgehead atoms. The summed E-state index contributed by atoms with van der Waals surface area (Å²) in [6.45, 7) is 3.91. The topological polar surface area (TPSA) is 43.0 Å². The molecule has 2 heterocycles. The van der Waals surface area contributed by atoms with Crippen LogP contribution in [0.5, 0.6) is 0 Å². The molecular weight excluding hydrogens is 190 g/mol. The maximum Gasteiger partial charge on any atom is 0.120 e. The van der Waals surface area contributed by atoms with Crippen LogP contribution in [0.3, 0.4) is 0 Å². The maximum atomic E-state index is 5.30. The van der Waals surface area contributed by atoms with E-state index in [2.05, 4.69) is 17.2 Å². The number of rotatable bonds is 5. The van der Waals surface area contributed by atoms with Crippen LogP contribution < -0.4 is 5.32 Å². The number of nitrogens with one attached hydrogen (secondary N) is 1. The first kappa shape index (κ1) is 9.98. The fraction of sp³-hybridized carbons (Fsp3) is 0.364. The molecule has 2 aromatic heterocycles. The van der Waals surface area contributed by atoms with E-state index in [-0.39, 0.29) is 6.04 Å². The Labute approximate surface area is 88.9 Å². The lowest BCUT2D eigenvalue weighted by Crippen LogP contribution is -2.22. The third kappa shape index (κ3) is 2.70. The van der Waals surface area contributed by atoms with Crippen LogP contribution in [0.15, 0.2) is 41.5 Å². The molecule has 1 N–H and O–H groups in total. The highest BCUT2D eigenvalue weighted by Gasteiger charge is 2.05. The summed E-state index contributed by atoms with van der Waals surface area (Å²) in [5.41, 5.74) is 0. The van der Waals surface area contributed by atoms with E-state index in [0.29, 0.717) is 0 Å². The van der Waals surface area contributed by atoms with E-state index in [1.807, 2.05) is 29.2 Å². The van der Waals surface area contributed by atoms with Gasteiger partial charge < -0.3 is 14.3 Å². The molecular formula is C11H15N3O. The largest absolute Gasteiger partial charge is 0.468 e. The highest BCUT2D eigenvalue weighted by molar-refractivity contribution is 5.02. The van der Waals surface area contributed by atoms with Gasteiger partial charge in [0.15, 0.2) is 0 Å². The number of furan rings is 1. The van der Waals surface area contributed by atoms with Gasteiger partial charge in [-0.2, -0.15) is 0 Å². The van der Waals surface area contributed by atoms with Gasteiger partial charge >= 0.3 is 0 Å². The Morgan fingerprint density at radius 3 is 3.20 bits per heavy atom. The minimum Gasteiger partial charge on any atom is -0.468 e. The second kappa shape index (κ2) is 4.79. The minimum atomic E-state index is 0.253. The van der Waals surface area contributed by atoms with Gasteiger partial charge in [-0.05, 0) is 19.1 Å². The highest BCUT2D eigenvalue weighted by Crippen LogP contribution is 2.11. The highest BCUT2D eigenvalue weighted by atomic mass is 16.3. The third-order valence-electron chi connectivity index (χ3n) is 2.35. The van der Waals surface area contributed by atoms with Gasteiger partial charge in [0, 0.05) is 25.5 Å². The molecule has 2 aromatic rings. The Hall–Kier alpha value is -1.55. The van der Waals surface area contributed by atoms with Crippen molar-refractivity contribution in [1.29, 1.82) is 0 Å². The lowest BCUT2D eigenvalue weighted by Gasteiger charge is -2.11. The van der Waals surface area contributed by atoms with E-state index < -0.39 is 0 Å². The summed E-state index contributed by atoms with van der Waals surface area (Å²) in [7, 11) is 0. The Bertz CT molecular complexity index is 366. The van der Waals surface area contributed by atoms with E-state index in [4.69, 9.17) is 4.42 Å². The van der Waals surface area contributed by atoms with Crippen molar-refractivity contribution in [1.82, 2.24) is 14.9 Å². The van der Waals surface area contributed by atoms with E-state index in [1.54, 1.807) is 12.5 Å². The molecule has 0 aromatic carbocycles. The van der Waals surface area contributed by atoms with Crippen LogP contribution >= 0.6 is 0 Å². The van der Waals surface area contributed by atoms with Crippen LogP contribution in [0.25, 0.3) is 0 Å². The average molecular weight is 205 g/mol. The van der Waals surface area contributed by atoms with Crippen molar-refractivity contribution in [3.8, 4) is 0 Å². The summed E-state index contributed by atoms with van der Waals surface area (Å²) in [5.74, 6) is 0.973. The number of hydrogen-bond donors (Lipinski definition) is 1. The van der Waals surface area contributed by atoms with Crippen molar-refractivity contribution < 1.29 is 4.42 Å². The molecule has 0 amide bonds. The lowest BCUT2D eigenvalue weighted by molar-refractivity contribution is 0.423. The summed E-state index contributed by atoms with van der Waals surface area (Å²) in [6, 6.07) is 4.14. The Morgan fingerprint density at radius 2 is 2.53 bits per heavy atom. The van der Waals surface area contributed by atoms with E-state index in [0.717, 1.165) is 18.8 Å². The summed E-state index contributed by atoms with van der Waals surface area (Å²) >= 11 is 0. The fourth-order valence-electron chi connectivity index (χ4n) is 1.47. The number of aromatic nitrogens is 2. The SMILES string of the molecule is CC(NCCn1ccnc1)c1ccco1. The first-order valence-corrected chi connectivity index (χ1v) is 5.09. The van der Waals surface area contributed by atoms with Crippen molar-refractivity contribution in [2.45, 2.75) is 19.5 Å². The molecule has 2 rings (SSSR count). The summed E-state index contributed by atoms with van der Waals surface area (Å²) in [5, 5.41) is 3.38. The molecule has 4 heteroatoms. The van der Waals surface area contributed by atoms with Gasteiger partial charge in [0.25, 0.3) is 0 Å². The normalized spacial score (nSPS) is 12.9. The Morgan fingerprint density at radius 1 is 1.60 bits per heavy atom. The molecule has 15 heavy (non-hydrogen) atoms. The summed E-state index contributed by atoms with van der Waals surface area (Å²) < 4.78 is 7.34. The maximum absolute atomic E-state index is 5.30. The number of imidazole rings is 1. The smallest absolute Gasteiger partial charge is 0.120 e. The quantitative estimate of drug-likeness (QED) is 0.809. The Kier molecular flexibility index (Phi) is 3.19. The molecule has 1 unspecified atom stereocenters. The van der Waals surface area contributed by atoms with Gasteiger partial charge in [-0.3, -0.25) is 0 Å². The van der Waals surface area contributed by atoms with Crippen molar-refractivity contribution >= 4 is 0 Å². The van der Waals surface area contributed by atoms with Gasteiger partial charge in [0.2, 0.25) is 0 Å². The summed E-state index contributed by atoms with van der Waals surface area (Å²) in [6.07, 6.45) is 7.26. The summed E-state index contributed by atoms with van der Waals surface area (Å²) in [4.78, 5) is 3.99. The van der Waals surface area contributed by atoms with Crippen LogP contribution in [0.4, 0.5) is 0 Å². The van der Waals surface area contributed by atoms with Crippen molar-refractivity contribution in [3.05, 3.63) is 42.9 Å². The fourth-order valence-corrected chi connectivity index (χ4v) is 1.47. The zero-order valence-electron chi connectivity index (χ0n) is 8.76. The Balaban J connectivity index is 1.74. The molecule has 0 saturated heterocycles. The molecule has 0 aliphatic heterocycles. The van der Waals surface area contributed by atoms with E-state index in [1.165, 1.54) is 0 Å². The predicted molar refractivity (Wildman–Crippen MR) is 57.4 cm³/mol. The van der Waals surface area contributed by atoms with E-state index in [9.17, 15) is 0 Å². The zero-order valence-corrected chi connectivity index (χ0v) is 8.76. The molecule has 0 aliphatic rings. The third-order valence-corrected chi connectivity index (χ3v) is 2.35. The first-order chi connectivity index (χ1) is 7.36. The van der Waals surface area contributed by atoms with Crippen LogP contribution in [-0.4, -0.2) is 16.1 Å². The molecule has 0 spiro atoms. The van der Waals surface area contributed by atoms with Gasteiger partial charge in [-0.25, -0.2) is 4.98 Å². The predicted octanol–water partition coefficient (Wildman–Crippen LogP) is 1.83. The molecule has 0 aliphatic carbocycles. The van der Waals surface area contributed by atoms with Crippen molar-refractivity contribution in [2.24, 2.45) is 0 Å². The second-order valence-corrected chi connectivity index (χ2v) is 3.49. The molecule has 0 fully saturated rings. The molecule has 80 valence electrons. The lowest BCUT2D eigenvalue weighted by atomic mass is 10.2. The van der Waals surface area contributed by atoms with Gasteiger partial charge in [-0.15, -0.1) is 0 Å². The average Bonchev–Trinajstić information content (AvgIpc) is 2.90. The van der Waals surface area contributed by atoms with Gasteiger partial charge in [0.1, 0.15) is 5.76 Å². The van der Waals surface area contributed by atoms with E-state index >= 15 is 0 Å². The number of nitrogens with zero attached hydrogens (tertiary/aromatic N) is 2. The molecule has 1 atom stereocenters. The van der Waals surface area contributed by atoms with Crippen LogP contribution in [0.2, 0.25) is 0 Å². The van der Waals surface area contributed by atoms with Crippen LogP contribution in [0.1, 0.15) is 18.7 Å². The van der Waals surface area contributed by atoms with Crippen molar-refractivity contribution in [2.75, 3.05) is 6.54 Å². The standard InChI is InChI=1S/C11H15N3O/c1-10(11-3-2-8-15-11)13-5-7-14-6-4-12-9-14/h2-4,6,8-10,13H,5,7H2,1H3. The zero-order chi connectivity index (χ0) is 10.5. The van der Waals surface area contributed by atoms with Gasteiger partial charge in [-0.1, -0.05) is 0 Å². The molecule has 4 nitrogen and oxygen atoms in total. The minimum absolute atomic E-state index is 0.253. The monoisotopic (exact) mass is 205 g/mol.